The van der Waals surface area contributed by atoms with Crippen molar-refractivity contribution in [2.24, 2.45) is 17.8 Å². The summed E-state index contributed by atoms with van der Waals surface area (Å²) >= 11 is -0.926. The van der Waals surface area contributed by atoms with Crippen LogP contribution in [-0.4, -0.2) is 33.3 Å². The van der Waals surface area contributed by atoms with E-state index in [0.717, 1.165) is 25.7 Å². The van der Waals surface area contributed by atoms with Crippen LogP contribution in [0.3, 0.4) is 0 Å². The third-order valence-electron chi connectivity index (χ3n) is 3.46. The minimum atomic E-state index is -0.926. The predicted octanol–water partition coefficient (Wildman–Crippen LogP) is 0.238. The van der Waals surface area contributed by atoms with Crippen LogP contribution in [0.4, 0.5) is 0 Å². The zero-order chi connectivity index (χ0) is 10.8. The Bertz CT molecular complexity index is 280. The summed E-state index contributed by atoms with van der Waals surface area (Å²) in [6.07, 6.45) is 3.74. The highest BCUT2D eigenvalue weighted by atomic mass is 27.2. The van der Waals surface area contributed by atoms with E-state index in [9.17, 15) is 9.59 Å². The van der Waals surface area contributed by atoms with Gasteiger partial charge in [0.2, 0.25) is 0 Å². The minimum Gasteiger partial charge on any atom is -0.589 e. The fourth-order valence-electron chi connectivity index (χ4n) is 2.65. The van der Waals surface area contributed by atoms with E-state index in [1.54, 1.807) is 0 Å². The number of carbonyl (C=O) groups excluding carboxylic acids is 2. The normalized spacial score (nSPS) is 33.4. The van der Waals surface area contributed by atoms with Gasteiger partial charge in [-0.15, -0.1) is 0 Å². The van der Waals surface area contributed by atoms with Crippen molar-refractivity contribution < 1.29 is 22.6 Å². The molecule has 1 aliphatic heterocycles. The molecule has 3 unspecified atom stereocenters. The Balaban J connectivity index is 0.00000128. The average Bonchev–Trinajstić information content (AvgIpc) is 2.40. The molecule has 16 heavy (non-hydrogen) atoms. The van der Waals surface area contributed by atoms with Gasteiger partial charge in [-0.1, -0.05) is 19.8 Å². The van der Waals surface area contributed by atoms with Gasteiger partial charge >= 0.3 is 15.9 Å². The molecule has 1 aliphatic carbocycles. The summed E-state index contributed by atoms with van der Waals surface area (Å²) in [7, 11) is 0. The van der Waals surface area contributed by atoms with E-state index in [2.05, 4.69) is 6.92 Å². The maximum absolute atomic E-state index is 11.7. The molecule has 1 heterocycles. The van der Waals surface area contributed by atoms with E-state index in [1.807, 2.05) is 0 Å². The molecule has 1 saturated carbocycles. The van der Waals surface area contributed by atoms with E-state index in [4.69, 9.17) is 7.58 Å². The van der Waals surface area contributed by atoms with Gasteiger partial charge < -0.3 is 13.1 Å². The Labute approximate surface area is 101 Å². The largest absolute Gasteiger partial charge is 0.885 e. The first kappa shape index (κ1) is 13.5. The summed E-state index contributed by atoms with van der Waals surface area (Å²) in [6.45, 7) is 2.06. The summed E-state index contributed by atoms with van der Waals surface area (Å²) < 4.78 is 9.91. The molecule has 1 radical (unpaired) electrons. The number of hydrogen-bond acceptors (Lipinski definition) is 4. The molecule has 2 rings (SSSR count). The predicted molar refractivity (Wildman–Crippen MR) is 56.2 cm³/mol. The van der Waals surface area contributed by atoms with Gasteiger partial charge in [-0.05, 0) is 18.8 Å². The van der Waals surface area contributed by atoms with Gasteiger partial charge in [0.05, 0.1) is 11.8 Å². The van der Waals surface area contributed by atoms with Crippen molar-refractivity contribution in [1.82, 2.24) is 0 Å². The van der Waals surface area contributed by atoms with E-state index < -0.39 is 15.9 Å². The lowest BCUT2D eigenvalue weighted by Gasteiger charge is -2.33. The number of rotatable bonds is 1. The summed E-state index contributed by atoms with van der Waals surface area (Å²) in [5.74, 6) is -0.634. The topological polar surface area (TPSA) is 84.1 Å². The highest BCUT2D eigenvalue weighted by Gasteiger charge is 2.45. The van der Waals surface area contributed by atoms with Crippen molar-refractivity contribution in [1.29, 1.82) is 0 Å². The van der Waals surface area contributed by atoms with Crippen LogP contribution >= 0.6 is 0 Å². The molecule has 3 atom stereocenters. The van der Waals surface area contributed by atoms with Crippen molar-refractivity contribution >= 4 is 27.8 Å². The first-order valence-corrected chi connectivity index (χ1v) is 6.41. The zero-order valence-electron chi connectivity index (χ0n) is 9.27. The van der Waals surface area contributed by atoms with Gasteiger partial charge in [0, 0.05) is 0 Å². The number of fused-ring (bicyclic) bond motifs is 1. The van der Waals surface area contributed by atoms with Crippen molar-refractivity contribution in [2.75, 3.05) is 0 Å². The molecule has 0 bridgehead atoms. The monoisotopic (exact) mass is 243 g/mol. The molecular formula is C10H16AlO5. The molecular weight excluding hydrogens is 227 g/mol. The molecule has 0 spiro atoms. The van der Waals surface area contributed by atoms with Crippen molar-refractivity contribution in [3.05, 3.63) is 0 Å². The van der Waals surface area contributed by atoms with Crippen LogP contribution in [0.2, 0.25) is 0 Å². The van der Waals surface area contributed by atoms with Crippen LogP contribution in [0.15, 0.2) is 0 Å². The molecule has 2 N–H and O–H groups in total. The number of carbonyl (C=O) groups is 2. The second kappa shape index (κ2) is 5.67. The molecule has 2 fully saturated rings. The lowest BCUT2D eigenvalue weighted by atomic mass is 9.71. The van der Waals surface area contributed by atoms with Gasteiger partial charge in [0.25, 0.3) is 11.9 Å². The summed E-state index contributed by atoms with van der Waals surface area (Å²) in [5, 5.41) is 0. The molecule has 5 nitrogen and oxygen atoms in total. The summed E-state index contributed by atoms with van der Waals surface area (Å²) in [5.41, 5.74) is 0. The van der Waals surface area contributed by atoms with Crippen molar-refractivity contribution in [3.8, 4) is 0 Å². The molecule has 0 aromatic rings. The first-order valence-electron chi connectivity index (χ1n) is 5.46. The molecule has 6 heteroatoms. The smallest absolute Gasteiger partial charge is 0.589 e. The molecule has 1 saturated heterocycles. The van der Waals surface area contributed by atoms with Gasteiger partial charge in [0.15, 0.2) is 0 Å². The fraction of sp³-hybridized carbons (Fsp3) is 0.800. The molecule has 0 amide bonds. The van der Waals surface area contributed by atoms with E-state index in [0.29, 0.717) is 5.92 Å². The molecule has 89 valence electrons. The Morgan fingerprint density at radius 3 is 2.62 bits per heavy atom. The molecule has 2 aliphatic rings. The fourth-order valence-corrected chi connectivity index (χ4v) is 3.22. The van der Waals surface area contributed by atoms with E-state index in [1.165, 1.54) is 0 Å². The quantitative estimate of drug-likeness (QED) is 0.617. The highest BCUT2D eigenvalue weighted by molar-refractivity contribution is 6.27. The summed E-state index contributed by atoms with van der Waals surface area (Å²) in [6, 6.07) is 0. The SMILES string of the molecule is CCC1CCCC2C(=O)[O][Al][O]C(=O)C12.O. The third-order valence-corrected chi connectivity index (χ3v) is 4.12. The van der Waals surface area contributed by atoms with Crippen LogP contribution in [-0.2, 0) is 17.2 Å². The zero-order valence-corrected chi connectivity index (χ0v) is 10.4. The lowest BCUT2D eigenvalue weighted by Crippen LogP contribution is -2.37. The maximum atomic E-state index is 11.7. The van der Waals surface area contributed by atoms with Crippen LogP contribution in [0.25, 0.3) is 0 Å². The second-order valence-corrected chi connectivity index (χ2v) is 4.87. The molecule has 0 aromatic carbocycles. The van der Waals surface area contributed by atoms with Crippen LogP contribution in [0.5, 0.6) is 0 Å². The first-order chi connectivity index (χ1) is 7.24. The van der Waals surface area contributed by atoms with Crippen LogP contribution < -0.4 is 0 Å². The Kier molecular flexibility index (Phi) is 4.78. The Hall–Kier alpha value is -0.568. The van der Waals surface area contributed by atoms with Crippen molar-refractivity contribution in [2.45, 2.75) is 32.6 Å². The van der Waals surface area contributed by atoms with E-state index >= 15 is 0 Å². The molecule has 0 aromatic heterocycles. The lowest BCUT2D eigenvalue weighted by molar-refractivity contribution is -0.149. The van der Waals surface area contributed by atoms with Gasteiger partial charge in [-0.25, -0.2) is 0 Å². The maximum Gasteiger partial charge on any atom is 0.885 e. The minimum absolute atomic E-state index is 0. The number of hydrogen-bond donors (Lipinski definition) is 0. The van der Waals surface area contributed by atoms with Crippen molar-refractivity contribution in [3.63, 3.8) is 0 Å². The van der Waals surface area contributed by atoms with Gasteiger partial charge in [0.1, 0.15) is 0 Å². The van der Waals surface area contributed by atoms with Gasteiger partial charge in [-0.3, -0.25) is 9.59 Å². The Morgan fingerprint density at radius 1 is 1.25 bits per heavy atom. The standard InChI is InChI=1S/C10H16O4.Al.H2O/c1-2-6-4-3-5-7(9(11)12)8(6)10(13)14;;/h6-8H,2-5H2,1H3,(H,11,12)(H,13,14);;1H2/q;+2;/p-2. The summed E-state index contributed by atoms with van der Waals surface area (Å²) in [4.78, 5) is 23.4. The van der Waals surface area contributed by atoms with Gasteiger partial charge in [-0.2, -0.15) is 0 Å². The van der Waals surface area contributed by atoms with Crippen LogP contribution in [0, 0.1) is 17.8 Å². The van der Waals surface area contributed by atoms with E-state index in [-0.39, 0.29) is 29.3 Å². The third kappa shape index (κ3) is 2.40. The second-order valence-electron chi connectivity index (χ2n) is 4.20. The van der Waals surface area contributed by atoms with Crippen LogP contribution in [0.1, 0.15) is 32.6 Å². The Morgan fingerprint density at radius 2 is 1.94 bits per heavy atom. The average molecular weight is 243 g/mol. The highest BCUT2D eigenvalue weighted by Crippen LogP contribution is 2.39.